The Morgan fingerprint density at radius 2 is 2.29 bits per heavy atom. The lowest BCUT2D eigenvalue weighted by Gasteiger charge is -2.10. The zero-order chi connectivity index (χ0) is 12.1. The first-order valence-electron chi connectivity index (χ1n) is 5.91. The Bertz CT molecular complexity index is 351. The summed E-state index contributed by atoms with van der Waals surface area (Å²) >= 11 is 2.00. The highest BCUT2D eigenvalue weighted by Gasteiger charge is 2.14. The Balaban J connectivity index is 1.79. The van der Waals surface area contributed by atoms with Crippen LogP contribution in [0.25, 0.3) is 0 Å². The molecule has 17 heavy (non-hydrogen) atoms. The molecule has 1 unspecified atom stereocenters. The van der Waals surface area contributed by atoms with Crippen molar-refractivity contribution < 1.29 is 8.78 Å². The SMILES string of the molecule is FC(F)c1cccc(CNCC2CCSC2)c1. The van der Waals surface area contributed by atoms with Gasteiger partial charge in [-0.3, -0.25) is 0 Å². The Labute approximate surface area is 105 Å². The maximum Gasteiger partial charge on any atom is 0.263 e. The molecule has 4 heteroatoms. The van der Waals surface area contributed by atoms with Crippen molar-refractivity contribution in [3.8, 4) is 0 Å². The minimum absolute atomic E-state index is 0.112. The second kappa shape index (κ2) is 6.36. The third-order valence-electron chi connectivity index (χ3n) is 2.99. The number of nitrogens with one attached hydrogen (secondary N) is 1. The minimum Gasteiger partial charge on any atom is -0.312 e. The van der Waals surface area contributed by atoms with E-state index in [1.807, 2.05) is 17.8 Å². The van der Waals surface area contributed by atoms with E-state index in [9.17, 15) is 8.78 Å². The Hall–Kier alpha value is -0.610. The van der Waals surface area contributed by atoms with Crippen LogP contribution in [0.5, 0.6) is 0 Å². The molecule has 0 saturated carbocycles. The molecular weight excluding hydrogens is 240 g/mol. The van der Waals surface area contributed by atoms with Gasteiger partial charge in [0, 0.05) is 12.1 Å². The monoisotopic (exact) mass is 257 g/mol. The zero-order valence-corrected chi connectivity index (χ0v) is 10.5. The standard InChI is InChI=1S/C13H17F2NS/c14-13(15)12-3-1-2-10(6-12)7-16-8-11-4-5-17-9-11/h1-3,6,11,13,16H,4-5,7-9H2. The molecule has 1 aromatic rings. The van der Waals surface area contributed by atoms with Gasteiger partial charge in [-0.15, -0.1) is 0 Å². The van der Waals surface area contributed by atoms with E-state index in [2.05, 4.69) is 5.32 Å². The van der Waals surface area contributed by atoms with Crippen LogP contribution < -0.4 is 5.32 Å². The summed E-state index contributed by atoms with van der Waals surface area (Å²) in [5, 5.41) is 3.35. The Morgan fingerprint density at radius 3 is 3.00 bits per heavy atom. The molecule has 1 heterocycles. The van der Waals surface area contributed by atoms with Crippen molar-refractivity contribution in [2.45, 2.75) is 19.4 Å². The highest BCUT2D eigenvalue weighted by molar-refractivity contribution is 7.99. The molecule has 2 rings (SSSR count). The normalized spacial score (nSPS) is 20.1. The maximum absolute atomic E-state index is 12.5. The lowest BCUT2D eigenvalue weighted by atomic mass is 10.1. The molecule has 1 nitrogen and oxygen atoms in total. The number of benzene rings is 1. The maximum atomic E-state index is 12.5. The fourth-order valence-corrected chi connectivity index (χ4v) is 3.29. The molecular formula is C13H17F2NS. The summed E-state index contributed by atoms with van der Waals surface area (Å²) in [6, 6.07) is 6.65. The average Bonchev–Trinajstić information content (AvgIpc) is 2.82. The molecule has 0 amide bonds. The van der Waals surface area contributed by atoms with E-state index in [1.54, 1.807) is 12.1 Å². The summed E-state index contributed by atoms with van der Waals surface area (Å²) in [6.45, 7) is 1.67. The zero-order valence-electron chi connectivity index (χ0n) is 9.66. The van der Waals surface area contributed by atoms with Gasteiger partial charge in [0.2, 0.25) is 0 Å². The summed E-state index contributed by atoms with van der Waals surface area (Å²) in [7, 11) is 0. The molecule has 1 aliphatic rings. The average molecular weight is 257 g/mol. The predicted molar refractivity (Wildman–Crippen MR) is 68.5 cm³/mol. The minimum atomic E-state index is -2.37. The Morgan fingerprint density at radius 1 is 1.41 bits per heavy atom. The van der Waals surface area contributed by atoms with E-state index >= 15 is 0 Å². The number of alkyl halides is 2. The topological polar surface area (TPSA) is 12.0 Å². The van der Waals surface area contributed by atoms with Crippen LogP contribution in [0.3, 0.4) is 0 Å². The van der Waals surface area contributed by atoms with Crippen LogP contribution in [0.4, 0.5) is 8.78 Å². The van der Waals surface area contributed by atoms with Crippen LogP contribution in [0.2, 0.25) is 0 Å². The van der Waals surface area contributed by atoms with Gasteiger partial charge in [-0.05, 0) is 42.0 Å². The molecule has 0 bridgehead atoms. The van der Waals surface area contributed by atoms with Crippen molar-refractivity contribution >= 4 is 11.8 Å². The molecule has 1 aromatic carbocycles. The predicted octanol–water partition coefficient (Wildman–Crippen LogP) is 3.47. The summed E-state index contributed by atoms with van der Waals surface area (Å²) < 4.78 is 25.0. The lowest BCUT2D eigenvalue weighted by Crippen LogP contribution is -2.22. The smallest absolute Gasteiger partial charge is 0.263 e. The van der Waals surface area contributed by atoms with Crippen LogP contribution in [0, 0.1) is 5.92 Å². The van der Waals surface area contributed by atoms with Crippen LogP contribution >= 0.6 is 11.8 Å². The fourth-order valence-electron chi connectivity index (χ4n) is 2.00. The second-order valence-corrected chi connectivity index (χ2v) is 5.56. The molecule has 1 N–H and O–H groups in total. The van der Waals surface area contributed by atoms with Gasteiger partial charge in [0.1, 0.15) is 0 Å². The quantitative estimate of drug-likeness (QED) is 0.867. The van der Waals surface area contributed by atoms with E-state index in [0.717, 1.165) is 18.0 Å². The number of rotatable bonds is 5. The highest BCUT2D eigenvalue weighted by atomic mass is 32.2. The fraction of sp³-hybridized carbons (Fsp3) is 0.538. The van der Waals surface area contributed by atoms with Crippen molar-refractivity contribution in [3.63, 3.8) is 0 Å². The van der Waals surface area contributed by atoms with E-state index in [-0.39, 0.29) is 5.56 Å². The number of hydrogen-bond donors (Lipinski definition) is 1. The van der Waals surface area contributed by atoms with Crippen LogP contribution in [0.1, 0.15) is 24.0 Å². The van der Waals surface area contributed by atoms with Gasteiger partial charge in [-0.2, -0.15) is 11.8 Å². The highest BCUT2D eigenvalue weighted by Crippen LogP contribution is 2.23. The molecule has 1 saturated heterocycles. The first-order chi connectivity index (χ1) is 8.25. The largest absolute Gasteiger partial charge is 0.312 e. The third-order valence-corrected chi connectivity index (χ3v) is 4.22. The van der Waals surface area contributed by atoms with Crippen LogP contribution in [-0.2, 0) is 6.54 Å². The summed E-state index contributed by atoms with van der Waals surface area (Å²) in [6.07, 6.45) is -1.10. The molecule has 94 valence electrons. The lowest BCUT2D eigenvalue weighted by molar-refractivity contribution is 0.151. The summed E-state index contributed by atoms with van der Waals surface area (Å²) in [5.74, 6) is 3.23. The number of halogens is 2. The van der Waals surface area contributed by atoms with Crippen molar-refractivity contribution in [1.82, 2.24) is 5.32 Å². The molecule has 0 spiro atoms. The molecule has 1 fully saturated rings. The molecule has 0 aromatic heterocycles. The van der Waals surface area contributed by atoms with E-state index in [1.165, 1.54) is 24.0 Å². The van der Waals surface area contributed by atoms with Crippen molar-refractivity contribution in [2.24, 2.45) is 5.92 Å². The first-order valence-corrected chi connectivity index (χ1v) is 7.06. The van der Waals surface area contributed by atoms with Crippen LogP contribution in [0.15, 0.2) is 24.3 Å². The molecule has 1 aliphatic heterocycles. The van der Waals surface area contributed by atoms with E-state index < -0.39 is 6.43 Å². The second-order valence-electron chi connectivity index (χ2n) is 4.41. The molecule has 0 radical (unpaired) electrons. The third kappa shape index (κ3) is 3.96. The van der Waals surface area contributed by atoms with Gasteiger partial charge in [0.25, 0.3) is 6.43 Å². The number of hydrogen-bond acceptors (Lipinski definition) is 2. The summed E-state index contributed by atoms with van der Waals surface area (Å²) in [5.41, 5.74) is 1.05. The van der Waals surface area contributed by atoms with Crippen LogP contribution in [-0.4, -0.2) is 18.1 Å². The number of thioether (sulfide) groups is 1. The van der Waals surface area contributed by atoms with Crippen molar-refractivity contribution in [1.29, 1.82) is 0 Å². The van der Waals surface area contributed by atoms with Crippen molar-refractivity contribution in [3.05, 3.63) is 35.4 Å². The first kappa shape index (κ1) is 12.8. The Kier molecular flexibility index (Phi) is 4.80. The van der Waals surface area contributed by atoms with E-state index in [0.29, 0.717) is 6.54 Å². The molecule has 1 atom stereocenters. The summed E-state index contributed by atoms with van der Waals surface area (Å²) in [4.78, 5) is 0. The van der Waals surface area contributed by atoms with Gasteiger partial charge in [0.05, 0.1) is 0 Å². The van der Waals surface area contributed by atoms with E-state index in [4.69, 9.17) is 0 Å². The van der Waals surface area contributed by atoms with Gasteiger partial charge in [-0.25, -0.2) is 8.78 Å². The van der Waals surface area contributed by atoms with Gasteiger partial charge in [-0.1, -0.05) is 18.2 Å². The van der Waals surface area contributed by atoms with Crippen molar-refractivity contribution in [2.75, 3.05) is 18.1 Å². The molecule has 0 aliphatic carbocycles. The van der Waals surface area contributed by atoms with Gasteiger partial charge in [0.15, 0.2) is 0 Å². The van der Waals surface area contributed by atoms with Gasteiger partial charge >= 0.3 is 0 Å². The van der Waals surface area contributed by atoms with Gasteiger partial charge < -0.3 is 5.32 Å².